The van der Waals surface area contributed by atoms with Crippen LogP contribution >= 0.6 is 0 Å². The molecule has 102 heavy (non-hydrogen) atoms. The van der Waals surface area contributed by atoms with E-state index in [1.54, 1.807) is 0 Å². The van der Waals surface area contributed by atoms with Gasteiger partial charge >= 0.3 is 0 Å². The van der Waals surface area contributed by atoms with Crippen molar-refractivity contribution in [3.63, 3.8) is 0 Å². The molecule has 0 aliphatic carbocycles. The molecule has 568 valence electrons. The van der Waals surface area contributed by atoms with Gasteiger partial charge in [-0.15, -0.1) is 0 Å². The number of hydrogen-bond donors (Lipinski definition) is 4. The summed E-state index contributed by atoms with van der Waals surface area (Å²) in [5.41, 5.74) is 10.3. The Kier molecular flexibility index (Phi) is 20.6. The molecule has 38 atom stereocenters. The fraction of sp³-hybridized carbons (Fsp3) is 0.875. The molecule has 20 heterocycles. The van der Waals surface area contributed by atoms with E-state index < -0.39 is 23.8 Å². The molecule has 20 aliphatic heterocycles. The lowest BCUT2D eigenvalue weighted by atomic mass is 9.78. The van der Waals surface area contributed by atoms with Crippen LogP contribution < -0.4 is 5.73 Å². The summed E-state index contributed by atoms with van der Waals surface area (Å²) in [5, 5.41) is 30.5. The predicted octanol–water partition coefficient (Wildman–Crippen LogP) is 8.15. The quantitative estimate of drug-likeness (QED) is 0.183. The molecule has 0 aromatic heterocycles. The molecule has 0 amide bonds. The summed E-state index contributed by atoms with van der Waals surface area (Å²) in [4.78, 5) is 28.0. The van der Waals surface area contributed by atoms with Gasteiger partial charge in [0.25, 0.3) is 0 Å². The Bertz CT molecular complexity index is 2920. The number of hydrogen-bond acceptors (Lipinski definition) is 22. The minimum atomic E-state index is -0.872. The minimum absolute atomic E-state index is 0.00127. The van der Waals surface area contributed by atoms with Gasteiger partial charge in [-0.05, 0) is 148 Å². The van der Waals surface area contributed by atoms with Crippen molar-refractivity contribution >= 4 is 11.6 Å². The van der Waals surface area contributed by atoms with Crippen molar-refractivity contribution in [2.45, 2.75) is 389 Å². The van der Waals surface area contributed by atoms with Crippen LogP contribution in [0.15, 0.2) is 48.6 Å². The summed E-state index contributed by atoms with van der Waals surface area (Å²) in [5.74, 6) is -0.589. The molecule has 20 aliphatic rings. The maximum absolute atomic E-state index is 14.0. The normalized spacial score (nSPS) is 53.2. The summed E-state index contributed by atoms with van der Waals surface area (Å²) in [6.07, 6.45) is 12.1. The fourth-order valence-corrected chi connectivity index (χ4v) is 22.5. The van der Waals surface area contributed by atoms with Crippen LogP contribution in [0.2, 0.25) is 0 Å². The van der Waals surface area contributed by atoms with Crippen LogP contribution in [0.3, 0.4) is 0 Å². The second-order valence-electron chi connectivity index (χ2n) is 35.1. The monoisotopic (exact) mass is 1430 g/mol. The number of Topliss-reactive ketones (excluding diaryl/α,β-unsaturated/α-hetero) is 2. The Labute approximate surface area is 602 Å². The van der Waals surface area contributed by atoms with Crippen molar-refractivity contribution in [3.05, 3.63) is 48.6 Å². The van der Waals surface area contributed by atoms with Gasteiger partial charge in [0.15, 0.2) is 11.6 Å². The molecule has 22 heteroatoms. The van der Waals surface area contributed by atoms with E-state index in [0.717, 1.165) is 112 Å². The number of ketones is 2. The number of aliphatic hydroxyl groups excluding tert-OH is 3. The van der Waals surface area contributed by atoms with Gasteiger partial charge in [0.2, 0.25) is 0 Å². The van der Waals surface area contributed by atoms with Gasteiger partial charge in [0.05, 0.1) is 129 Å². The van der Waals surface area contributed by atoms with Gasteiger partial charge in [-0.1, -0.05) is 54.0 Å². The summed E-state index contributed by atoms with van der Waals surface area (Å²) < 4.78 is 108. The van der Waals surface area contributed by atoms with Crippen LogP contribution in [0.5, 0.6) is 0 Å². The zero-order valence-corrected chi connectivity index (χ0v) is 60.7. The Balaban J connectivity index is 0.000000152. The smallest absolute Gasteiger partial charge is 0.172 e. The number of fused-ring (bicyclic) bond motifs is 12. The first-order valence-corrected chi connectivity index (χ1v) is 40.1. The van der Waals surface area contributed by atoms with E-state index in [0.29, 0.717) is 88.9 Å². The van der Waals surface area contributed by atoms with Crippen molar-refractivity contribution in [2.75, 3.05) is 13.2 Å². The Morgan fingerprint density at radius 2 is 0.794 bits per heavy atom. The number of nitrogens with two attached hydrogens (primary N) is 1. The van der Waals surface area contributed by atoms with Gasteiger partial charge in [-0.25, -0.2) is 0 Å². The highest BCUT2D eigenvalue weighted by molar-refractivity contribution is 5.79. The van der Waals surface area contributed by atoms with Crippen LogP contribution in [-0.2, 0) is 85.4 Å². The average Bonchev–Trinajstić information content (AvgIpc) is 1.54. The molecule has 22 nitrogen and oxygen atoms in total. The highest BCUT2D eigenvalue weighted by Gasteiger charge is 2.71. The summed E-state index contributed by atoms with van der Waals surface area (Å²) in [6, 6.07) is 0. The summed E-state index contributed by atoms with van der Waals surface area (Å²) >= 11 is 0. The SMILES string of the molecule is C=C1C[C@@H]2CC[C@@]34C[C@H]5O[C@H]6[C@@H](O3)C3OC(CCC3O[C@H]6C5O4)CC(=O)C[C@@H]3[C@@H](C)[C@@H](C[C@H](O)CN)O[C@H]3C[C@H]3O[C@@H](CC[C@@H]1O2)C[C@@H](C)C3=C.C=C1C[C@@H]2CC[C@@]34C[C@H]5O[C@H]6[C@@H](O3)C3OC(CCC3O[C@H]6C5O4)CC(=O)C[C@@H]3[C@@H](C)[C@@H](C[C@H](O)CO)O[C@H]3C[C@H]3O[C@@H](CC[C@@H]1O2)C[C@@H](C)C3=C. The molecule has 5 N–H and O–H groups in total. The molecular weight excluding hydrogens is 1310 g/mol. The molecule has 8 unspecified atom stereocenters. The van der Waals surface area contributed by atoms with Crippen LogP contribution in [0.25, 0.3) is 0 Å². The predicted molar refractivity (Wildman–Crippen MR) is 367 cm³/mol. The molecule has 0 saturated carbocycles. The highest BCUT2D eigenvalue weighted by Crippen LogP contribution is 2.57. The second kappa shape index (κ2) is 29.1. The van der Waals surface area contributed by atoms with E-state index in [1.807, 2.05) is 0 Å². The molecule has 0 radical (unpaired) electrons. The van der Waals surface area contributed by atoms with E-state index in [9.17, 15) is 24.9 Å². The Hall–Kier alpha value is -2.50. The summed E-state index contributed by atoms with van der Waals surface area (Å²) in [6.45, 7) is 26.4. The lowest BCUT2D eigenvalue weighted by molar-refractivity contribution is -0.292. The largest absolute Gasteiger partial charge is 0.394 e. The van der Waals surface area contributed by atoms with Gasteiger partial charge in [0.1, 0.15) is 72.6 Å². The maximum atomic E-state index is 14.0. The fourth-order valence-electron chi connectivity index (χ4n) is 22.5. The molecule has 24 bridgehead atoms. The van der Waals surface area contributed by atoms with Crippen LogP contribution in [0.1, 0.15) is 195 Å². The molecular formula is C80H117NO21. The van der Waals surface area contributed by atoms with Gasteiger partial charge < -0.3 is 96.8 Å². The standard InChI is InChI=1S/C40H59NO10.C40H58O11/c2*1-19-11-25-5-7-29-20(2)12-27(44-29)9-10-40-17-34-36(50-40)37-38(49-34)39(51-40)35-30(48-37)8-6-26(46-35)13-23(42)14-28-22(4)31(15-24(43)18-41)47-33(28)16-32(45-25)21(19)3/h19,22,24-39,43H,2-3,5-18,41H2,1,4H3;19,22,24-39,41,43H,2-3,5-18H2,1,4H3/t2*19-,22-,24+,25+,26?,27+,28-,29+,30?,31-,32-,33+,34-,35?,36?,37+,38-,39+,40+/m11/s1. The van der Waals surface area contributed by atoms with E-state index in [-0.39, 0.29) is 219 Å². The zero-order chi connectivity index (χ0) is 70.4. The van der Waals surface area contributed by atoms with Crippen molar-refractivity contribution < 1.29 is 101 Å². The van der Waals surface area contributed by atoms with E-state index in [2.05, 4.69) is 54.0 Å². The third-order valence-electron chi connectivity index (χ3n) is 28.3. The van der Waals surface area contributed by atoms with Crippen molar-refractivity contribution in [3.8, 4) is 0 Å². The second-order valence-corrected chi connectivity index (χ2v) is 35.1. The first-order valence-electron chi connectivity index (χ1n) is 40.1. The number of ether oxygens (including phenoxy) is 16. The van der Waals surface area contributed by atoms with Crippen LogP contribution in [0, 0.1) is 35.5 Å². The van der Waals surface area contributed by atoms with Crippen molar-refractivity contribution in [1.29, 1.82) is 0 Å². The number of carbonyl (C=O) groups is 2. The van der Waals surface area contributed by atoms with Gasteiger partial charge in [0, 0.05) is 83.6 Å². The molecule has 20 saturated heterocycles. The third-order valence-corrected chi connectivity index (χ3v) is 28.3. The Morgan fingerprint density at radius 3 is 1.24 bits per heavy atom. The minimum Gasteiger partial charge on any atom is -0.394 e. The van der Waals surface area contributed by atoms with Crippen LogP contribution in [-0.4, -0.2) is 235 Å². The molecule has 0 aromatic rings. The first-order chi connectivity index (χ1) is 49.1. The van der Waals surface area contributed by atoms with Gasteiger partial charge in [-0.3, -0.25) is 9.59 Å². The molecule has 0 aromatic carbocycles. The lowest BCUT2D eigenvalue weighted by Crippen LogP contribution is -2.61. The molecule has 20 fully saturated rings. The van der Waals surface area contributed by atoms with Gasteiger partial charge in [-0.2, -0.15) is 0 Å². The topological polar surface area (TPSA) is 269 Å². The van der Waals surface area contributed by atoms with Crippen molar-refractivity contribution in [1.82, 2.24) is 0 Å². The first kappa shape index (κ1) is 72.4. The molecule has 20 rings (SSSR count). The average molecular weight is 1430 g/mol. The lowest BCUT2D eigenvalue weighted by Gasteiger charge is -2.47. The van der Waals surface area contributed by atoms with Crippen molar-refractivity contribution in [2.24, 2.45) is 41.2 Å². The summed E-state index contributed by atoms with van der Waals surface area (Å²) in [7, 11) is 0. The number of rotatable bonds is 6. The molecule has 2 spiro atoms. The Morgan fingerprint density at radius 1 is 0.402 bits per heavy atom. The van der Waals surface area contributed by atoms with E-state index >= 15 is 0 Å². The zero-order valence-electron chi connectivity index (χ0n) is 60.7. The van der Waals surface area contributed by atoms with Crippen LogP contribution in [0.4, 0.5) is 0 Å². The highest BCUT2D eigenvalue weighted by atomic mass is 16.8. The number of aliphatic hydroxyl groups is 3. The number of carbonyl (C=O) groups excluding carboxylic acids is 2. The van der Waals surface area contributed by atoms with E-state index in [1.165, 1.54) is 0 Å². The third kappa shape index (κ3) is 13.9. The van der Waals surface area contributed by atoms with E-state index in [4.69, 9.17) is 81.5 Å². The maximum Gasteiger partial charge on any atom is 0.172 e.